The highest BCUT2D eigenvalue weighted by Crippen LogP contribution is 2.22. The molecule has 2 saturated heterocycles. The first-order chi connectivity index (χ1) is 13.2. The van der Waals surface area contributed by atoms with Crippen molar-refractivity contribution in [1.29, 1.82) is 0 Å². The van der Waals surface area contributed by atoms with E-state index < -0.39 is 0 Å². The first kappa shape index (κ1) is 17.8. The fourth-order valence-electron chi connectivity index (χ4n) is 3.86. The SMILES string of the molecule is Cc1nccc(N2CCCC(Cn3cc(CN4CCNC(=O)C4)nn3)C2)n1. The summed E-state index contributed by atoms with van der Waals surface area (Å²) in [5, 5.41) is 11.4. The van der Waals surface area contributed by atoms with Crippen LogP contribution < -0.4 is 10.2 Å². The van der Waals surface area contributed by atoms with Gasteiger partial charge in [0.1, 0.15) is 11.6 Å². The van der Waals surface area contributed by atoms with Gasteiger partial charge in [0.15, 0.2) is 0 Å². The molecule has 1 unspecified atom stereocenters. The number of aromatic nitrogens is 5. The number of piperidine rings is 1. The second-order valence-electron chi connectivity index (χ2n) is 7.41. The Balaban J connectivity index is 1.33. The lowest BCUT2D eigenvalue weighted by Crippen LogP contribution is -2.47. The van der Waals surface area contributed by atoms with Gasteiger partial charge in [-0.05, 0) is 31.7 Å². The second kappa shape index (κ2) is 7.99. The van der Waals surface area contributed by atoms with Crippen LogP contribution in [0.2, 0.25) is 0 Å². The van der Waals surface area contributed by atoms with Crippen molar-refractivity contribution in [2.45, 2.75) is 32.9 Å². The van der Waals surface area contributed by atoms with E-state index in [2.05, 4.69) is 35.4 Å². The fourth-order valence-corrected chi connectivity index (χ4v) is 3.86. The summed E-state index contributed by atoms with van der Waals surface area (Å²) in [7, 11) is 0. The minimum atomic E-state index is 0.0795. The predicted octanol–water partition coefficient (Wildman–Crippen LogP) is 0.225. The van der Waals surface area contributed by atoms with Crippen molar-refractivity contribution in [2.75, 3.05) is 37.6 Å². The van der Waals surface area contributed by atoms with Gasteiger partial charge in [-0.1, -0.05) is 5.21 Å². The van der Waals surface area contributed by atoms with Crippen LogP contribution in [0.25, 0.3) is 0 Å². The zero-order chi connectivity index (χ0) is 18.6. The van der Waals surface area contributed by atoms with E-state index in [1.807, 2.05) is 30.1 Å². The molecule has 144 valence electrons. The first-order valence-electron chi connectivity index (χ1n) is 9.58. The van der Waals surface area contributed by atoms with E-state index in [1.165, 1.54) is 6.42 Å². The van der Waals surface area contributed by atoms with E-state index >= 15 is 0 Å². The molecule has 27 heavy (non-hydrogen) atoms. The highest BCUT2D eigenvalue weighted by Gasteiger charge is 2.22. The summed E-state index contributed by atoms with van der Waals surface area (Å²) in [6.45, 7) is 7.45. The molecule has 1 atom stereocenters. The number of carbonyl (C=O) groups excluding carboxylic acids is 1. The van der Waals surface area contributed by atoms with Crippen molar-refractivity contribution >= 4 is 11.7 Å². The molecule has 1 amide bonds. The monoisotopic (exact) mass is 370 g/mol. The maximum Gasteiger partial charge on any atom is 0.234 e. The van der Waals surface area contributed by atoms with Gasteiger partial charge < -0.3 is 10.2 Å². The largest absolute Gasteiger partial charge is 0.356 e. The number of nitrogens with one attached hydrogen (secondary N) is 1. The molecule has 0 spiro atoms. The lowest BCUT2D eigenvalue weighted by atomic mass is 9.98. The van der Waals surface area contributed by atoms with Crippen LogP contribution in [0.1, 0.15) is 24.4 Å². The molecule has 0 saturated carbocycles. The molecular formula is C18H26N8O. The lowest BCUT2D eigenvalue weighted by molar-refractivity contribution is -0.124. The minimum Gasteiger partial charge on any atom is -0.356 e. The Morgan fingerprint density at radius 3 is 3.11 bits per heavy atom. The Morgan fingerprint density at radius 1 is 1.33 bits per heavy atom. The Hall–Kier alpha value is -2.55. The van der Waals surface area contributed by atoms with Gasteiger partial charge in [-0.25, -0.2) is 9.97 Å². The van der Waals surface area contributed by atoms with Gasteiger partial charge in [0.05, 0.1) is 12.2 Å². The van der Waals surface area contributed by atoms with E-state index in [4.69, 9.17) is 0 Å². The van der Waals surface area contributed by atoms with Crippen LogP contribution in [0, 0.1) is 12.8 Å². The Morgan fingerprint density at radius 2 is 2.26 bits per heavy atom. The van der Waals surface area contributed by atoms with Crippen LogP contribution in [0.5, 0.6) is 0 Å². The van der Waals surface area contributed by atoms with Crippen LogP contribution in [-0.2, 0) is 17.9 Å². The van der Waals surface area contributed by atoms with Gasteiger partial charge in [-0.3, -0.25) is 14.4 Å². The molecule has 9 heteroatoms. The van der Waals surface area contributed by atoms with Gasteiger partial charge in [0, 0.05) is 51.7 Å². The van der Waals surface area contributed by atoms with Crippen LogP contribution >= 0.6 is 0 Å². The number of anilines is 1. The van der Waals surface area contributed by atoms with Gasteiger partial charge in [-0.2, -0.15) is 0 Å². The normalized spacial score (nSPS) is 21.3. The molecule has 2 aliphatic heterocycles. The third-order valence-corrected chi connectivity index (χ3v) is 5.14. The third kappa shape index (κ3) is 4.60. The summed E-state index contributed by atoms with van der Waals surface area (Å²) in [6.07, 6.45) is 6.17. The Labute approximate surface area is 158 Å². The van der Waals surface area contributed by atoms with E-state index in [0.29, 0.717) is 25.6 Å². The molecule has 4 rings (SSSR count). The number of piperazine rings is 1. The molecule has 2 aliphatic rings. The molecule has 0 bridgehead atoms. The number of nitrogens with zero attached hydrogens (tertiary/aromatic N) is 7. The molecule has 2 fully saturated rings. The fraction of sp³-hybridized carbons (Fsp3) is 0.611. The Bertz CT molecular complexity index is 791. The van der Waals surface area contributed by atoms with Gasteiger partial charge in [-0.15, -0.1) is 5.10 Å². The molecule has 9 nitrogen and oxygen atoms in total. The average molecular weight is 370 g/mol. The van der Waals surface area contributed by atoms with E-state index in [9.17, 15) is 4.79 Å². The molecule has 0 aromatic carbocycles. The number of amides is 1. The van der Waals surface area contributed by atoms with E-state index in [0.717, 1.165) is 49.9 Å². The summed E-state index contributed by atoms with van der Waals surface area (Å²) >= 11 is 0. The molecule has 1 N–H and O–H groups in total. The van der Waals surface area contributed by atoms with Gasteiger partial charge in [0.2, 0.25) is 5.91 Å². The summed E-state index contributed by atoms with van der Waals surface area (Å²) < 4.78 is 1.94. The van der Waals surface area contributed by atoms with Crippen LogP contribution in [0.4, 0.5) is 5.82 Å². The van der Waals surface area contributed by atoms with Crippen molar-refractivity contribution in [3.05, 3.63) is 30.0 Å². The number of carbonyl (C=O) groups is 1. The number of hydrogen-bond acceptors (Lipinski definition) is 7. The highest BCUT2D eigenvalue weighted by molar-refractivity contribution is 5.78. The highest BCUT2D eigenvalue weighted by atomic mass is 16.2. The zero-order valence-electron chi connectivity index (χ0n) is 15.7. The van der Waals surface area contributed by atoms with Crippen molar-refractivity contribution in [1.82, 2.24) is 35.2 Å². The van der Waals surface area contributed by atoms with Crippen molar-refractivity contribution in [2.24, 2.45) is 5.92 Å². The number of rotatable bonds is 5. The van der Waals surface area contributed by atoms with E-state index in [-0.39, 0.29) is 5.91 Å². The second-order valence-corrected chi connectivity index (χ2v) is 7.41. The molecule has 2 aromatic rings. The summed E-state index contributed by atoms with van der Waals surface area (Å²) in [4.78, 5) is 24.7. The lowest BCUT2D eigenvalue weighted by Gasteiger charge is -2.33. The standard InChI is InChI=1S/C18H26N8O/c1-14-19-5-4-17(21-14)25-7-2-3-15(9-25)10-26-12-16(22-23-26)11-24-8-6-20-18(27)13-24/h4-5,12,15H,2-3,6-11,13H2,1H3,(H,20,27). The molecule has 4 heterocycles. The average Bonchev–Trinajstić information content (AvgIpc) is 3.09. The maximum atomic E-state index is 11.5. The van der Waals surface area contributed by atoms with Gasteiger partial charge >= 0.3 is 0 Å². The van der Waals surface area contributed by atoms with Crippen LogP contribution in [0.15, 0.2) is 18.5 Å². The molecular weight excluding hydrogens is 344 g/mol. The van der Waals surface area contributed by atoms with Crippen molar-refractivity contribution < 1.29 is 4.79 Å². The van der Waals surface area contributed by atoms with Crippen molar-refractivity contribution in [3.63, 3.8) is 0 Å². The van der Waals surface area contributed by atoms with Crippen LogP contribution in [-0.4, -0.2) is 68.5 Å². The minimum absolute atomic E-state index is 0.0795. The summed E-state index contributed by atoms with van der Waals surface area (Å²) in [5.41, 5.74) is 0.920. The van der Waals surface area contributed by atoms with Crippen molar-refractivity contribution in [3.8, 4) is 0 Å². The smallest absolute Gasteiger partial charge is 0.234 e. The van der Waals surface area contributed by atoms with Gasteiger partial charge in [0.25, 0.3) is 0 Å². The third-order valence-electron chi connectivity index (χ3n) is 5.14. The summed E-state index contributed by atoms with van der Waals surface area (Å²) in [6, 6.07) is 1.98. The molecule has 0 radical (unpaired) electrons. The number of hydrogen-bond donors (Lipinski definition) is 1. The quantitative estimate of drug-likeness (QED) is 0.805. The molecule has 2 aromatic heterocycles. The van der Waals surface area contributed by atoms with E-state index in [1.54, 1.807) is 0 Å². The predicted molar refractivity (Wildman–Crippen MR) is 100 cm³/mol. The first-order valence-corrected chi connectivity index (χ1v) is 9.58. The zero-order valence-corrected chi connectivity index (χ0v) is 15.7. The Kier molecular flexibility index (Phi) is 5.28. The van der Waals surface area contributed by atoms with Crippen LogP contribution in [0.3, 0.4) is 0 Å². The maximum absolute atomic E-state index is 11.5. The number of aryl methyl sites for hydroxylation is 1. The topological polar surface area (TPSA) is 92.1 Å². The summed E-state index contributed by atoms with van der Waals surface area (Å²) in [5.74, 6) is 2.41. The molecule has 0 aliphatic carbocycles.